The summed E-state index contributed by atoms with van der Waals surface area (Å²) in [6.07, 6.45) is -4.26. The fourth-order valence-corrected chi connectivity index (χ4v) is 1.22. The molecule has 1 aromatic carbocycles. The Morgan fingerprint density at radius 2 is 1.64 bits per heavy atom. The number of benzene rings is 1. The molecule has 6 nitrogen and oxygen atoms in total. The Balaban J connectivity index is 0.000000626. The lowest BCUT2D eigenvalue weighted by molar-refractivity contribution is -0.159. The second-order valence-electron chi connectivity index (χ2n) is 3.97. The van der Waals surface area contributed by atoms with Gasteiger partial charge in [-0.1, -0.05) is 12.1 Å². The van der Waals surface area contributed by atoms with E-state index in [0.29, 0.717) is 19.7 Å². The van der Waals surface area contributed by atoms with Crippen molar-refractivity contribution in [2.45, 2.75) is 12.7 Å². The smallest absolute Gasteiger partial charge is 0.416 e. The topological polar surface area (TPSA) is 95.9 Å². The van der Waals surface area contributed by atoms with E-state index in [1.54, 1.807) is 7.11 Å². The van der Waals surface area contributed by atoms with Gasteiger partial charge in [0.2, 0.25) is 0 Å². The lowest BCUT2D eigenvalue weighted by Gasteiger charge is -2.08. The molecule has 1 aromatic rings. The van der Waals surface area contributed by atoms with Crippen molar-refractivity contribution < 1.29 is 37.7 Å². The van der Waals surface area contributed by atoms with Gasteiger partial charge in [0.05, 0.1) is 12.2 Å². The molecule has 0 aliphatic carbocycles. The molecule has 0 aliphatic heterocycles. The third-order valence-electron chi connectivity index (χ3n) is 2.28. The molecule has 3 N–H and O–H groups in total. The third kappa shape index (κ3) is 8.93. The van der Waals surface area contributed by atoms with Crippen LogP contribution in [0.4, 0.5) is 13.2 Å². The zero-order valence-corrected chi connectivity index (χ0v) is 11.7. The summed E-state index contributed by atoms with van der Waals surface area (Å²) in [5, 5.41) is 17.8. The van der Waals surface area contributed by atoms with Crippen LogP contribution in [0.25, 0.3) is 0 Å². The van der Waals surface area contributed by atoms with Gasteiger partial charge < -0.3 is 20.3 Å². The number of carboxylic acid groups (broad SMARTS) is 2. The maximum absolute atomic E-state index is 12.2. The Labute approximate surface area is 124 Å². The molecule has 1 rings (SSSR count). The van der Waals surface area contributed by atoms with E-state index in [1.807, 2.05) is 0 Å². The highest BCUT2D eigenvalue weighted by Crippen LogP contribution is 2.28. The molecule has 0 saturated carbocycles. The number of nitrogens with one attached hydrogen (secondary N) is 1. The van der Waals surface area contributed by atoms with Crippen LogP contribution >= 0.6 is 0 Å². The van der Waals surface area contributed by atoms with E-state index in [4.69, 9.17) is 24.5 Å². The van der Waals surface area contributed by atoms with Crippen molar-refractivity contribution in [3.05, 3.63) is 35.4 Å². The van der Waals surface area contributed by atoms with Crippen LogP contribution in [-0.4, -0.2) is 42.4 Å². The van der Waals surface area contributed by atoms with Gasteiger partial charge in [-0.25, -0.2) is 9.59 Å². The average molecular weight is 323 g/mol. The number of carboxylic acids is 2. The molecule has 0 saturated heterocycles. The molecule has 0 aliphatic rings. The van der Waals surface area contributed by atoms with Crippen LogP contribution in [0.2, 0.25) is 0 Å². The summed E-state index contributed by atoms with van der Waals surface area (Å²) in [6.45, 7) is 1.81. The number of methoxy groups -OCH3 is 1. The molecular weight excluding hydrogens is 307 g/mol. The highest BCUT2D eigenvalue weighted by molar-refractivity contribution is 6.27. The van der Waals surface area contributed by atoms with Gasteiger partial charge in [-0.2, -0.15) is 13.2 Å². The maximum Gasteiger partial charge on any atom is 0.416 e. The molecule has 124 valence electrons. The van der Waals surface area contributed by atoms with Gasteiger partial charge in [-0.05, 0) is 17.7 Å². The van der Waals surface area contributed by atoms with Crippen molar-refractivity contribution >= 4 is 11.9 Å². The summed E-state index contributed by atoms with van der Waals surface area (Å²) in [6, 6.07) is 5.13. The summed E-state index contributed by atoms with van der Waals surface area (Å²) in [4.78, 5) is 18.2. The van der Waals surface area contributed by atoms with E-state index < -0.39 is 23.7 Å². The number of hydrogen-bond donors (Lipinski definition) is 3. The Morgan fingerprint density at radius 3 is 2.00 bits per heavy atom. The molecule has 0 radical (unpaired) electrons. The van der Waals surface area contributed by atoms with Gasteiger partial charge in [0, 0.05) is 20.2 Å². The number of alkyl halides is 3. The Morgan fingerprint density at radius 1 is 1.14 bits per heavy atom. The van der Waals surface area contributed by atoms with E-state index in [9.17, 15) is 13.2 Å². The van der Waals surface area contributed by atoms with Gasteiger partial charge >= 0.3 is 18.1 Å². The van der Waals surface area contributed by atoms with Crippen molar-refractivity contribution in [1.82, 2.24) is 5.32 Å². The second kappa shape index (κ2) is 9.74. The first kappa shape index (κ1) is 19.9. The number of hydrogen-bond acceptors (Lipinski definition) is 4. The molecule has 0 bridgehead atoms. The minimum Gasteiger partial charge on any atom is -0.473 e. The highest BCUT2D eigenvalue weighted by atomic mass is 19.4. The maximum atomic E-state index is 12.2. The number of carbonyl (C=O) groups is 2. The summed E-state index contributed by atoms with van der Waals surface area (Å²) < 4.78 is 41.6. The number of aliphatic carboxylic acids is 2. The first-order valence-electron chi connectivity index (χ1n) is 6.00. The highest BCUT2D eigenvalue weighted by Gasteiger charge is 2.29. The van der Waals surface area contributed by atoms with Crippen LogP contribution in [0.3, 0.4) is 0 Å². The minimum absolute atomic E-state index is 0.543. The predicted octanol–water partition coefficient (Wildman–Crippen LogP) is 1.60. The van der Waals surface area contributed by atoms with Crippen molar-refractivity contribution in [2.24, 2.45) is 0 Å². The standard InChI is InChI=1S/C11H14F3NO.C2H2O4/c1-16-7-6-15-8-9-2-4-10(5-3-9)11(12,13)14;3-1(4)2(5)6/h2-5,15H,6-8H2,1H3;(H,3,4)(H,5,6). The monoisotopic (exact) mass is 323 g/mol. The Hall–Kier alpha value is -2.13. The quantitative estimate of drug-likeness (QED) is 0.563. The number of rotatable bonds is 5. The normalized spacial score (nSPS) is 10.5. The van der Waals surface area contributed by atoms with Gasteiger partial charge in [-0.3, -0.25) is 0 Å². The molecule has 9 heteroatoms. The van der Waals surface area contributed by atoms with E-state index in [-0.39, 0.29) is 0 Å². The molecule has 22 heavy (non-hydrogen) atoms. The van der Waals surface area contributed by atoms with Crippen molar-refractivity contribution in [2.75, 3.05) is 20.3 Å². The molecule has 0 amide bonds. The van der Waals surface area contributed by atoms with Crippen LogP contribution < -0.4 is 5.32 Å². The zero-order chi connectivity index (χ0) is 17.2. The fourth-order valence-electron chi connectivity index (χ4n) is 1.22. The summed E-state index contributed by atoms with van der Waals surface area (Å²) >= 11 is 0. The summed E-state index contributed by atoms with van der Waals surface area (Å²) in [5.74, 6) is -3.65. The largest absolute Gasteiger partial charge is 0.473 e. The molecule has 0 atom stereocenters. The van der Waals surface area contributed by atoms with Crippen molar-refractivity contribution in [1.29, 1.82) is 0 Å². The molecular formula is C13H16F3NO5. The first-order valence-corrected chi connectivity index (χ1v) is 6.00. The lowest BCUT2D eigenvalue weighted by Crippen LogP contribution is -2.18. The van der Waals surface area contributed by atoms with Crippen LogP contribution in [-0.2, 0) is 27.0 Å². The Bertz CT molecular complexity index is 462. The molecule has 0 unspecified atom stereocenters. The molecule has 0 heterocycles. The SMILES string of the molecule is COCCNCc1ccc(C(F)(F)F)cc1.O=C(O)C(=O)O. The average Bonchev–Trinajstić information content (AvgIpc) is 2.44. The van der Waals surface area contributed by atoms with Crippen LogP contribution in [0, 0.1) is 0 Å². The Kier molecular flexibility index (Phi) is 8.80. The first-order chi connectivity index (χ1) is 10.2. The number of halogens is 3. The van der Waals surface area contributed by atoms with Crippen molar-refractivity contribution in [3.8, 4) is 0 Å². The van der Waals surface area contributed by atoms with Crippen LogP contribution in [0.5, 0.6) is 0 Å². The van der Waals surface area contributed by atoms with Gasteiger partial charge in [-0.15, -0.1) is 0 Å². The zero-order valence-electron chi connectivity index (χ0n) is 11.7. The summed E-state index contributed by atoms with van der Waals surface area (Å²) in [7, 11) is 1.60. The van der Waals surface area contributed by atoms with Crippen molar-refractivity contribution in [3.63, 3.8) is 0 Å². The van der Waals surface area contributed by atoms with E-state index in [0.717, 1.165) is 17.7 Å². The number of ether oxygens (including phenoxy) is 1. The van der Waals surface area contributed by atoms with Gasteiger partial charge in [0.15, 0.2) is 0 Å². The van der Waals surface area contributed by atoms with E-state index >= 15 is 0 Å². The minimum atomic E-state index is -4.26. The van der Waals surface area contributed by atoms with Gasteiger partial charge in [0.25, 0.3) is 0 Å². The second-order valence-corrected chi connectivity index (χ2v) is 3.97. The fraction of sp³-hybridized carbons (Fsp3) is 0.385. The predicted molar refractivity (Wildman–Crippen MR) is 70.3 cm³/mol. The molecule has 0 spiro atoms. The summed E-state index contributed by atoms with van der Waals surface area (Å²) in [5.41, 5.74) is 0.206. The van der Waals surface area contributed by atoms with Crippen LogP contribution in [0.1, 0.15) is 11.1 Å². The van der Waals surface area contributed by atoms with Gasteiger partial charge in [0.1, 0.15) is 0 Å². The molecule has 0 aromatic heterocycles. The third-order valence-corrected chi connectivity index (χ3v) is 2.28. The molecule has 0 fully saturated rings. The van der Waals surface area contributed by atoms with E-state index in [2.05, 4.69) is 5.32 Å². The van der Waals surface area contributed by atoms with E-state index in [1.165, 1.54) is 12.1 Å². The lowest BCUT2D eigenvalue weighted by atomic mass is 10.1. The van der Waals surface area contributed by atoms with Crippen LogP contribution in [0.15, 0.2) is 24.3 Å².